The number of hydrogen-bond donors (Lipinski definition) is 2. The number of hydrogen-bond acceptors (Lipinski definition) is 2. The Balaban J connectivity index is 2.19. The van der Waals surface area contributed by atoms with Gasteiger partial charge in [0, 0.05) is 10.7 Å². The van der Waals surface area contributed by atoms with Crippen molar-refractivity contribution in [3.05, 3.63) is 64.9 Å². The van der Waals surface area contributed by atoms with Gasteiger partial charge in [0.05, 0.1) is 12.6 Å². The number of benzene rings is 2. The first-order valence-corrected chi connectivity index (χ1v) is 5.95. The summed E-state index contributed by atoms with van der Waals surface area (Å²) >= 11 is 5.88. The molecule has 18 heavy (non-hydrogen) atoms. The van der Waals surface area contributed by atoms with E-state index in [1.54, 1.807) is 24.3 Å². The zero-order valence-corrected chi connectivity index (χ0v) is 10.4. The predicted octanol–water partition coefficient (Wildman–Crippen LogP) is 3.62. The lowest BCUT2D eigenvalue weighted by Crippen LogP contribution is -2.14. The fourth-order valence-electron chi connectivity index (χ4n) is 1.74. The second-order valence-corrected chi connectivity index (χ2v) is 4.38. The first kappa shape index (κ1) is 12.9. The minimum atomic E-state index is -0.362. The molecule has 4 heteroatoms. The highest BCUT2D eigenvalue weighted by molar-refractivity contribution is 6.30. The van der Waals surface area contributed by atoms with Gasteiger partial charge in [-0.1, -0.05) is 29.8 Å². The Morgan fingerprint density at radius 3 is 2.61 bits per heavy atom. The van der Waals surface area contributed by atoms with Crippen molar-refractivity contribution >= 4 is 17.3 Å². The zero-order valence-electron chi connectivity index (χ0n) is 9.61. The molecule has 0 radical (unpaired) electrons. The van der Waals surface area contributed by atoms with Crippen molar-refractivity contribution in [2.45, 2.75) is 6.04 Å². The van der Waals surface area contributed by atoms with E-state index in [1.165, 1.54) is 12.1 Å². The minimum absolute atomic E-state index is 0.129. The molecule has 0 saturated carbocycles. The molecule has 2 aromatic rings. The number of anilines is 1. The van der Waals surface area contributed by atoms with Crippen LogP contribution in [0.25, 0.3) is 0 Å². The van der Waals surface area contributed by atoms with Crippen LogP contribution in [-0.2, 0) is 0 Å². The largest absolute Gasteiger partial charge is 0.394 e. The van der Waals surface area contributed by atoms with Crippen LogP contribution >= 0.6 is 11.6 Å². The summed E-state index contributed by atoms with van der Waals surface area (Å²) in [4.78, 5) is 0. The second-order valence-electron chi connectivity index (χ2n) is 3.94. The van der Waals surface area contributed by atoms with Crippen LogP contribution in [0.15, 0.2) is 48.5 Å². The molecule has 2 aromatic carbocycles. The number of aliphatic hydroxyl groups excluding tert-OH is 1. The number of nitrogens with one attached hydrogen (secondary N) is 1. The Bertz CT molecular complexity index is 533. The van der Waals surface area contributed by atoms with E-state index in [0.29, 0.717) is 10.6 Å². The number of halogens is 2. The van der Waals surface area contributed by atoms with Gasteiger partial charge in [-0.25, -0.2) is 4.39 Å². The fraction of sp³-hybridized carbons (Fsp3) is 0.143. The molecule has 2 rings (SSSR count). The molecule has 0 bridgehead atoms. The first-order chi connectivity index (χ1) is 8.69. The van der Waals surface area contributed by atoms with Crippen molar-refractivity contribution < 1.29 is 9.50 Å². The minimum Gasteiger partial charge on any atom is -0.394 e. The molecular weight excluding hydrogens is 253 g/mol. The Morgan fingerprint density at radius 1 is 1.17 bits per heavy atom. The van der Waals surface area contributed by atoms with Gasteiger partial charge in [0.1, 0.15) is 5.82 Å². The van der Waals surface area contributed by atoms with E-state index in [2.05, 4.69) is 5.32 Å². The number of aliphatic hydroxyl groups is 1. The van der Waals surface area contributed by atoms with Gasteiger partial charge in [-0.05, 0) is 35.9 Å². The summed E-state index contributed by atoms with van der Waals surface area (Å²) in [6.07, 6.45) is 0. The molecule has 0 amide bonds. The third-order valence-electron chi connectivity index (χ3n) is 2.60. The van der Waals surface area contributed by atoms with Crippen molar-refractivity contribution in [3.63, 3.8) is 0 Å². The Labute approximate surface area is 110 Å². The van der Waals surface area contributed by atoms with Crippen LogP contribution in [0.3, 0.4) is 0 Å². The Hall–Kier alpha value is -1.58. The maximum atomic E-state index is 13.1. The van der Waals surface area contributed by atoms with Crippen LogP contribution in [-0.4, -0.2) is 11.7 Å². The van der Waals surface area contributed by atoms with Crippen molar-refractivity contribution in [1.29, 1.82) is 0 Å². The summed E-state index contributed by atoms with van der Waals surface area (Å²) in [6.45, 7) is -0.129. The molecule has 0 spiro atoms. The lowest BCUT2D eigenvalue weighted by molar-refractivity contribution is 0.276. The molecule has 0 aliphatic rings. The summed E-state index contributed by atoms with van der Waals surface area (Å²) in [5, 5.41) is 13.1. The van der Waals surface area contributed by atoms with Crippen LogP contribution in [0, 0.1) is 5.82 Å². The van der Waals surface area contributed by atoms with Gasteiger partial charge in [0.15, 0.2) is 0 Å². The predicted molar refractivity (Wildman–Crippen MR) is 71.3 cm³/mol. The molecule has 0 fully saturated rings. The molecule has 0 aliphatic carbocycles. The smallest absolute Gasteiger partial charge is 0.123 e. The van der Waals surface area contributed by atoms with Crippen molar-refractivity contribution in [1.82, 2.24) is 0 Å². The highest BCUT2D eigenvalue weighted by Crippen LogP contribution is 2.22. The average molecular weight is 266 g/mol. The molecule has 1 unspecified atom stereocenters. The van der Waals surface area contributed by atoms with Gasteiger partial charge < -0.3 is 10.4 Å². The standard InChI is InChI=1S/C14H13ClFNO/c15-11-4-2-6-13(8-11)17-14(9-18)10-3-1-5-12(16)7-10/h1-8,14,17-18H,9H2. The van der Waals surface area contributed by atoms with Gasteiger partial charge in [-0.3, -0.25) is 0 Å². The summed E-state index contributed by atoms with van der Waals surface area (Å²) in [6, 6.07) is 13.0. The van der Waals surface area contributed by atoms with Crippen molar-refractivity contribution in [2.75, 3.05) is 11.9 Å². The molecule has 0 saturated heterocycles. The molecule has 1 atom stereocenters. The average Bonchev–Trinajstić information content (AvgIpc) is 2.36. The highest BCUT2D eigenvalue weighted by atomic mass is 35.5. The lowest BCUT2D eigenvalue weighted by atomic mass is 10.1. The quantitative estimate of drug-likeness (QED) is 0.885. The van der Waals surface area contributed by atoms with Gasteiger partial charge in [-0.15, -0.1) is 0 Å². The van der Waals surface area contributed by atoms with E-state index in [0.717, 1.165) is 5.69 Å². The fourth-order valence-corrected chi connectivity index (χ4v) is 1.93. The zero-order chi connectivity index (χ0) is 13.0. The van der Waals surface area contributed by atoms with Crippen LogP contribution in [0.5, 0.6) is 0 Å². The Kier molecular flexibility index (Phi) is 4.18. The summed E-state index contributed by atoms with van der Waals surface area (Å²) in [7, 11) is 0. The van der Waals surface area contributed by atoms with E-state index in [4.69, 9.17) is 11.6 Å². The molecule has 0 heterocycles. The van der Waals surface area contributed by atoms with Crippen LogP contribution in [0.2, 0.25) is 5.02 Å². The highest BCUT2D eigenvalue weighted by Gasteiger charge is 2.10. The lowest BCUT2D eigenvalue weighted by Gasteiger charge is -2.18. The molecule has 2 N–H and O–H groups in total. The van der Waals surface area contributed by atoms with E-state index >= 15 is 0 Å². The maximum Gasteiger partial charge on any atom is 0.123 e. The molecular formula is C14H13ClFNO. The summed E-state index contributed by atoms with van der Waals surface area (Å²) in [5.74, 6) is -0.321. The van der Waals surface area contributed by atoms with Crippen molar-refractivity contribution in [3.8, 4) is 0 Å². The van der Waals surface area contributed by atoms with E-state index in [9.17, 15) is 9.50 Å². The van der Waals surface area contributed by atoms with Crippen molar-refractivity contribution in [2.24, 2.45) is 0 Å². The monoisotopic (exact) mass is 265 g/mol. The first-order valence-electron chi connectivity index (χ1n) is 5.57. The van der Waals surface area contributed by atoms with E-state index in [-0.39, 0.29) is 18.5 Å². The maximum absolute atomic E-state index is 13.1. The molecule has 0 aromatic heterocycles. The normalized spacial score (nSPS) is 12.2. The molecule has 0 aliphatic heterocycles. The third-order valence-corrected chi connectivity index (χ3v) is 2.83. The topological polar surface area (TPSA) is 32.3 Å². The van der Waals surface area contributed by atoms with E-state index < -0.39 is 0 Å². The van der Waals surface area contributed by atoms with Gasteiger partial charge in [0.25, 0.3) is 0 Å². The molecule has 2 nitrogen and oxygen atoms in total. The van der Waals surface area contributed by atoms with Crippen LogP contribution in [0.4, 0.5) is 10.1 Å². The summed E-state index contributed by atoms with van der Waals surface area (Å²) < 4.78 is 13.1. The van der Waals surface area contributed by atoms with Gasteiger partial charge >= 0.3 is 0 Å². The SMILES string of the molecule is OCC(Nc1cccc(Cl)c1)c1cccc(F)c1. The molecule has 94 valence electrons. The summed E-state index contributed by atoms with van der Waals surface area (Å²) in [5.41, 5.74) is 1.48. The van der Waals surface area contributed by atoms with Crippen LogP contribution in [0.1, 0.15) is 11.6 Å². The third kappa shape index (κ3) is 3.22. The van der Waals surface area contributed by atoms with E-state index in [1.807, 2.05) is 12.1 Å². The Morgan fingerprint density at radius 2 is 1.94 bits per heavy atom. The van der Waals surface area contributed by atoms with Gasteiger partial charge in [0.2, 0.25) is 0 Å². The van der Waals surface area contributed by atoms with Crippen LogP contribution < -0.4 is 5.32 Å². The number of rotatable bonds is 4. The van der Waals surface area contributed by atoms with Gasteiger partial charge in [-0.2, -0.15) is 0 Å². The second kappa shape index (κ2) is 5.85.